The van der Waals surface area contributed by atoms with Crippen molar-refractivity contribution in [1.29, 1.82) is 0 Å². The van der Waals surface area contributed by atoms with Crippen molar-refractivity contribution in [3.8, 4) is 0 Å². The Labute approximate surface area is 132 Å². The third-order valence-electron chi connectivity index (χ3n) is 3.43. The highest BCUT2D eigenvalue weighted by atomic mass is 35.5. The van der Waals surface area contributed by atoms with Gasteiger partial charge in [-0.25, -0.2) is 0 Å². The first-order chi connectivity index (χ1) is 10.2. The Morgan fingerprint density at radius 3 is 2.76 bits per heavy atom. The number of rotatable bonds is 3. The lowest BCUT2D eigenvalue weighted by Gasteiger charge is -2.19. The van der Waals surface area contributed by atoms with E-state index in [2.05, 4.69) is 27.4 Å². The molecular formula is C16H13Cl2N3. The van der Waals surface area contributed by atoms with Crippen LogP contribution in [0.2, 0.25) is 10.0 Å². The van der Waals surface area contributed by atoms with E-state index in [0.29, 0.717) is 10.0 Å². The summed E-state index contributed by atoms with van der Waals surface area (Å²) in [5.41, 5.74) is 1.83. The van der Waals surface area contributed by atoms with Crippen LogP contribution in [0.3, 0.4) is 0 Å². The number of fused-ring (bicyclic) bond motifs is 1. The van der Waals surface area contributed by atoms with Gasteiger partial charge in [-0.3, -0.25) is 9.97 Å². The number of nitrogens with one attached hydrogen (secondary N) is 1. The van der Waals surface area contributed by atoms with Crippen LogP contribution in [0.5, 0.6) is 0 Å². The van der Waals surface area contributed by atoms with Crippen LogP contribution >= 0.6 is 23.2 Å². The van der Waals surface area contributed by atoms with Crippen LogP contribution in [-0.4, -0.2) is 17.0 Å². The number of benzene rings is 1. The molecule has 0 aliphatic carbocycles. The van der Waals surface area contributed by atoms with E-state index >= 15 is 0 Å². The Bertz CT molecular complexity index is 784. The zero-order chi connectivity index (χ0) is 14.8. The molecule has 0 radical (unpaired) electrons. The van der Waals surface area contributed by atoms with Gasteiger partial charge in [0.15, 0.2) is 0 Å². The van der Waals surface area contributed by atoms with Crippen molar-refractivity contribution in [3.63, 3.8) is 0 Å². The van der Waals surface area contributed by atoms with Gasteiger partial charge in [-0.2, -0.15) is 0 Å². The Balaban J connectivity index is 2.18. The minimum Gasteiger partial charge on any atom is -0.308 e. The summed E-state index contributed by atoms with van der Waals surface area (Å²) >= 11 is 12.2. The summed E-state index contributed by atoms with van der Waals surface area (Å²) in [6.45, 7) is 0. The van der Waals surface area contributed by atoms with Crippen LogP contribution in [0.4, 0.5) is 0 Å². The van der Waals surface area contributed by atoms with Gasteiger partial charge in [0.05, 0.1) is 21.8 Å². The molecule has 21 heavy (non-hydrogen) atoms. The van der Waals surface area contributed by atoms with Crippen LogP contribution < -0.4 is 5.32 Å². The van der Waals surface area contributed by atoms with Crippen molar-refractivity contribution in [2.75, 3.05) is 7.05 Å². The molecule has 1 unspecified atom stereocenters. The van der Waals surface area contributed by atoms with Crippen LogP contribution in [0.15, 0.2) is 48.9 Å². The molecule has 0 aliphatic heterocycles. The summed E-state index contributed by atoms with van der Waals surface area (Å²) in [5.74, 6) is 0. The van der Waals surface area contributed by atoms with Crippen LogP contribution in [-0.2, 0) is 0 Å². The van der Waals surface area contributed by atoms with E-state index in [1.807, 2.05) is 25.4 Å². The molecule has 5 heteroatoms. The average molecular weight is 318 g/mol. The van der Waals surface area contributed by atoms with Crippen LogP contribution in [0.1, 0.15) is 17.3 Å². The molecule has 0 amide bonds. The summed E-state index contributed by atoms with van der Waals surface area (Å²) in [5, 5.41) is 6.55. The second-order valence-corrected chi connectivity index (χ2v) is 5.53. The zero-order valence-corrected chi connectivity index (χ0v) is 12.9. The molecule has 2 aromatic heterocycles. The maximum absolute atomic E-state index is 6.30. The fourth-order valence-electron chi connectivity index (χ4n) is 2.47. The molecule has 1 aromatic carbocycles. The number of pyridine rings is 2. The molecule has 0 bridgehead atoms. The van der Waals surface area contributed by atoms with Gasteiger partial charge in [0.2, 0.25) is 0 Å². The van der Waals surface area contributed by atoms with Gasteiger partial charge in [-0.1, -0.05) is 41.4 Å². The Morgan fingerprint density at radius 1 is 1.14 bits per heavy atom. The Hall–Kier alpha value is -1.68. The minimum atomic E-state index is -0.123. The molecule has 0 fully saturated rings. The van der Waals surface area contributed by atoms with E-state index in [-0.39, 0.29) is 6.04 Å². The first-order valence-electron chi connectivity index (χ1n) is 6.51. The van der Waals surface area contributed by atoms with Gasteiger partial charge in [0, 0.05) is 24.0 Å². The first kappa shape index (κ1) is 14.3. The normalized spacial score (nSPS) is 12.5. The quantitative estimate of drug-likeness (QED) is 0.785. The SMILES string of the molecule is CNC(c1ncc(Cl)cc1Cl)c1cccc2ccncc12. The number of hydrogen-bond acceptors (Lipinski definition) is 3. The van der Waals surface area contributed by atoms with E-state index in [1.54, 1.807) is 18.5 Å². The topological polar surface area (TPSA) is 37.8 Å². The van der Waals surface area contributed by atoms with Crippen molar-refractivity contribution in [3.05, 3.63) is 70.2 Å². The van der Waals surface area contributed by atoms with Crippen molar-refractivity contribution < 1.29 is 0 Å². The highest BCUT2D eigenvalue weighted by Crippen LogP contribution is 2.31. The molecule has 3 rings (SSSR count). The molecule has 1 N–H and O–H groups in total. The van der Waals surface area contributed by atoms with Crippen molar-refractivity contribution in [2.24, 2.45) is 0 Å². The molecule has 2 heterocycles. The lowest BCUT2D eigenvalue weighted by molar-refractivity contribution is 0.676. The molecule has 3 aromatic rings. The minimum absolute atomic E-state index is 0.123. The summed E-state index contributed by atoms with van der Waals surface area (Å²) in [7, 11) is 1.88. The van der Waals surface area contributed by atoms with Gasteiger partial charge in [-0.05, 0) is 30.1 Å². The molecule has 0 aliphatic rings. The Morgan fingerprint density at radius 2 is 2.00 bits per heavy atom. The molecule has 0 saturated carbocycles. The Kier molecular flexibility index (Phi) is 4.06. The molecular weight excluding hydrogens is 305 g/mol. The van der Waals surface area contributed by atoms with Gasteiger partial charge in [0.1, 0.15) is 0 Å². The van der Waals surface area contributed by atoms with Crippen LogP contribution in [0, 0.1) is 0 Å². The maximum Gasteiger partial charge on any atom is 0.0805 e. The van der Waals surface area contributed by atoms with E-state index in [0.717, 1.165) is 22.0 Å². The first-order valence-corrected chi connectivity index (χ1v) is 7.27. The van der Waals surface area contributed by atoms with Crippen molar-refractivity contribution in [1.82, 2.24) is 15.3 Å². The third-order valence-corrected chi connectivity index (χ3v) is 3.94. The van der Waals surface area contributed by atoms with Crippen molar-refractivity contribution >= 4 is 34.0 Å². The molecule has 106 valence electrons. The van der Waals surface area contributed by atoms with Crippen molar-refractivity contribution in [2.45, 2.75) is 6.04 Å². The van der Waals surface area contributed by atoms with Gasteiger partial charge >= 0.3 is 0 Å². The second kappa shape index (κ2) is 5.98. The predicted octanol–water partition coefficient (Wildman–Crippen LogP) is 4.25. The summed E-state index contributed by atoms with van der Waals surface area (Å²) in [4.78, 5) is 8.60. The molecule has 1 atom stereocenters. The standard InChI is InChI=1S/C16H13Cl2N3/c1-19-15(16-14(18)7-11(17)8-21-16)12-4-2-3-10-5-6-20-9-13(10)12/h2-9,15,19H,1H3. The zero-order valence-electron chi connectivity index (χ0n) is 11.3. The number of hydrogen-bond donors (Lipinski definition) is 1. The smallest absolute Gasteiger partial charge is 0.0805 e. The van der Waals surface area contributed by atoms with E-state index in [1.165, 1.54) is 0 Å². The average Bonchev–Trinajstić information content (AvgIpc) is 2.50. The number of aromatic nitrogens is 2. The lowest BCUT2D eigenvalue weighted by atomic mass is 9.97. The summed E-state index contributed by atoms with van der Waals surface area (Å²) in [6, 6.07) is 9.71. The van der Waals surface area contributed by atoms with E-state index in [4.69, 9.17) is 23.2 Å². The monoisotopic (exact) mass is 317 g/mol. The summed E-state index contributed by atoms with van der Waals surface area (Å²) < 4.78 is 0. The molecule has 0 saturated heterocycles. The predicted molar refractivity (Wildman–Crippen MR) is 86.9 cm³/mol. The largest absolute Gasteiger partial charge is 0.308 e. The van der Waals surface area contributed by atoms with Gasteiger partial charge in [0.25, 0.3) is 0 Å². The second-order valence-electron chi connectivity index (χ2n) is 4.69. The lowest BCUT2D eigenvalue weighted by Crippen LogP contribution is -2.19. The fourth-order valence-corrected chi connectivity index (χ4v) is 2.95. The number of nitrogens with zero attached hydrogens (tertiary/aromatic N) is 2. The van der Waals surface area contributed by atoms with E-state index in [9.17, 15) is 0 Å². The molecule has 3 nitrogen and oxygen atoms in total. The fraction of sp³-hybridized carbons (Fsp3) is 0.125. The van der Waals surface area contributed by atoms with E-state index < -0.39 is 0 Å². The van der Waals surface area contributed by atoms with Gasteiger partial charge in [-0.15, -0.1) is 0 Å². The highest BCUT2D eigenvalue weighted by molar-refractivity contribution is 6.34. The summed E-state index contributed by atoms with van der Waals surface area (Å²) in [6.07, 6.45) is 5.25. The number of halogens is 2. The third kappa shape index (κ3) is 2.72. The maximum atomic E-state index is 6.30. The van der Waals surface area contributed by atoms with Crippen LogP contribution in [0.25, 0.3) is 10.8 Å². The highest BCUT2D eigenvalue weighted by Gasteiger charge is 2.19. The van der Waals surface area contributed by atoms with Gasteiger partial charge < -0.3 is 5.32 Å². The molecule has 0 spiro atoms.